The second-order valence-electron chi connectivity index (χ2n) is 36.0. The Bertz CT molecular complexity index is 3990. The van der Waals surface area contributed by atoms with E-state index in [1.165, 1.54) is 0 Å². The summed E-state index contributed by atoms with van der Waals surface area (Å²) in [5, 5.41) is 32.4. The van der Waals surface area contributed by atoms with Gasteiger partial charge in [-0.3, -0.25) is 85.1 Å². The summed E-state index contributed by atoms with van der Waals surface area (Å²) >= 11 is 0. The number of hydrogen-bond donors (Lipinski definition) is 16. The summed E-state index contributed by atoms with van der Waals surface area (Å²) in [5.41, 5.74) is 0. The molecule has 116 heavy (non-hydrogen) atoms. The first kappa shape index (κ1) is 94.3. The van der Waals surface area contributed by atoms with E-state index < -0.39 is 196 Å². The average molecular weight is 1990 g/mol. The van der Waals surface area contributed by atoms with Gasteiger partial charge in [0.1, 0.15) is 40.5 Å². The zero-order valence-electron chi connectivity index (χ0n) is 62.3. The van der Waals surface area contributed by atoms with Crippen LogP contribution < -0.4 is 85.1 Å². The molecule has 0 aromatic rings. The molecule has 18 fully saturated rings. The van der Waals surface area contributed by atoms with Crippen LogP contribution in [-0.4, -0.2) is 244 Å². The Labute approximate surface area is 721 Å². The number of nitrogens with one attached hydrogen (secondary N) is 16. The Kier molecular flexibility index (Phi) is 28.4. The molecule has 10 aliphatic heterocycles. The fourth-order valence-electron chi connectivity index (χ4n) is 26.7. The summed E-state index contributed by atoms with van der Waals surface area (Å²) in [6, 6.07) is 0. The number of rotatable bonds is 8. The molecule has 10 heterocycles. The largest absolute Gasteiger partial charge is 2.00 e. The van der Waals surface area contributed by atoms with Crippen LogP contribution in [0.2, 0.25) is 0 Å². The van der Waals surface area contributed by atoms with E-state index in [2.05, 4.69) is 85.1 Å². The molecule has 8 aliphatic carbocycles. The summed E-state index contributed by atoms with van der Waals surface area (Å²) in [4.78, 5) is 0. The van der Waals surface area contributed by atoms with Crippen molar-refractivity contribution in [3.63, 3.8) is 0 Å². The fraction of sp³-hybridized carbons (Fsp3) is 1.00. The van der Waals surface area contributed by atoms with Crippen LogP contribution in [0, 0.1) is 94.7 Å². The van der Waals surface area contributed by atoms with Gasteiger partial charge in [0.15, 0.2) is 0 Å². The minimum Gasteiger partial charge on any atom is -0.748 e. The maximum Gasteiger partial charge on any atom is 2.00 e. The molecule has 8 saturated carbocycles. The van der Waals surface area contributed by atoms with Crippen LogP contribution in [-0.2, 0) is 149 Å². The second kappa shape index (κ2) is 35.0. The number of hydrogen-bond acceptors (Lipinski definition) is 40. The van der Waals surface area contributed by atoms with Crippen LogP contribution in [0.1, 0.15) is 154 Å². The van der Waals surface area contributed by atoms with Crippen LogP contribution >= 0.6 is 0 Å². The molecule has 40 nitrogen and oxygen atoms in total. The van der Waals surface area contributed by atoms with Crippen molar-refractivity contribution in [1.29, 1.82) is 0 Å². The van der Waals surface area contributed by atoms with Crippen molar-refractivity contribution in [2.24, 2.45) is 94.7 Å². The van der Waals surface area contributed by atoms with Crippen LogP contribution in [0.15, 0.2) is 0 Å². The quantitative estimate of drug-likeness (QED) is 0.0793. The molecule has 0 aromatic carbocycles. The third-order valence-corrected chi connectivity index (χ3v) is 41.8. The van der Waals surface area contributed by atoms with E-state index in [-0.39, 0.29) is 165 Å². The predicted octanol–water partition coefficient (Wildman–Crippen LogP) is -6.61. The first-order valence-corrected chi connectivity index (χ1v) is 52.1. The van der Waals surface area contributed by atoms with E-state index in [1.54, 1.807) is 0 Å². The van der Waals surface area contributed by atoms with Crippen molar-refractivity contribution in [2.75, 3.05) is 0 Å². The minimum atomic E-state index is -6.22. The SMILES string of the molecule is O=S(=O)([O-])C1C2C3NC4NC(NC5NC(NC6NC(NC(N3)C2C(S(=O)(=O)[O-])C(S(=O)(=O)[O-])C1S(=O)(=O)[O-])C1CCCCC61)C1CCCCC51)C1CCCCC41.O=S(=O)([O-])C1C2C3NC4NC(NC5NC(NC6NC(NC(N3)C2C(S(=O)(=O)[O-])C(S(=O)(=O)[O-])C1S(=O)(=O)[O-])C1CCCCC61)C1CCCCC51)C1CCCCC41.[Cu+2].[Cu+2].[Cu+2].[Cu+2]. The summed E-state index contributed by atoms with van der Waals surface area (Å²) < 4.78 is 314. The average Bonchev–Trinajstić information content (AvgIpc) is 1.36. The van der Waals surface area contributed by atoms with Crippen molar-refractivity contribution in [2.45, 2.75) is 295 Å². The van der Waals surface area contributed by atoms with Crippen molar-refractivity contribution in [1.82, 2.24) is 85.1 Å². The molecule has 16 bridgehead atoms. The molecule has 18 aliphatic rings. The summed E-state index contributed by atoms with van der Waals surface area (Å²) in [5.74, 6) is -6.27. The van der Waals surface area contributed by atoms with Gasteiger partial charge in [-0.2, -0.15) is 0 Å². The van der Waals surface area contributed by atoms with Gasteiger partial charge in [-0.25, -0.2) is 67.3 Å². The molecule has 676 valence electrons. The van der Waals surface area contributed by atoms with E-state index >= 15 is 0 Å². The van der Waals surface area contributed by atoms with Gasteiger partial charge in [-0.15, -0.1) is 0 Å². The molecule has 4 radical (unpaired) electrons. The zero-order chi connectivity index (χ0) is 79.4. The van der Waals surface area contributed by atoms with E-state index in [1.807, 2.05) is 0 Å². The molecule has 18 rings (SSSR count). The Morgan fingerprint density at radius 2 is 0.233 bits per heavy atom. The maximum atomic E-state index is 13.3. The molecule has 40 unspecified atom stereocenters. The Hall–Kier alpha value is 0.718. The molecule has 0 spiro atoms. The van der Waals surface area contributed by atoms with Crippen molar-refractivity contribution in [3.05, 3.63) is 0 Å². The van der Waals surface area contributed by atoms with Gasteiger partial charge in [-0.05, 0) is 148 Å². The second-order valence-corrected chi connectivity index (χ2v) is 48.2. The third kappa shape index (κ3) is 17.6. The normalized spacial score (nSPS) is 49.3. The maximum absolute atomic E-state index is 13.3. The van der Waals surface area contributed by atoms with Gasteiger partial charge in [0.05, 0.1) is 181 Å². The molecular formula is C64H104Cu4N16O24S8. The van der Waals surface area contributed by atoms with Crippen LogP contribution in [0.5, 0.6) is 0 Å². The van der Waals surface area contributed by atoms with Crippen molar-refractivity contribution >= 4 is 80.9 Å². The zero-order valence-corrected chi connectivity index (χ0v) is 72.6. The van der Waals surface area contributed by atoms with E-state index in [0.717, 1.165) is 154 Å². The number of fused-ring (bicyclic) bond motifs is 40. The summed E-state index contributed by atoms with van der Waals surface area (Å²) in [6.45, 7) is 0. The van der Waals surface area contributed by atoms with Gasteiger partial charge >= 0.3 is 68.3 Å². The minimum absolute atomic E-state index is 0. The molecule has 16 N–H and O–H groups in total. The van der Waals surface area contributed by atoms with Crippen LogP contribution in [0.3, 0.4) is 0 Å². The standard InChI is InChI=1S/2C32H56N8O12S4.4Cu/c2*41-53(42,43)21-19-20(22(54(44,45)46)24(56(50,51)52)23(21)55(47,48)49)32-39-30-18-12-6-4-10-16(18)28(37-30)35-26-14-8-2-1-7-13(14)25(33-26)34-27-15-9-3-5-11-17(15)29(36-27)38-31(19)40-32;;;;/h2*13-40H,1-12H2,(H,41,42,43)(H,44,45,46)(H,47,48,49)(H,50,51,52);;;;/q;;4*+2/p-8. The molecule has 0 aromatic heterocycles. The van der Waals surface area contributed by atoms with Gasteiger partial charge in [-0.1, -0.05) is 77.0 Å². The molecular weight excluding hydrogens is 1890 g/mol. The first-order valence-electron chi connectivity index (χ1n) is 40.4. The Morgan fingerprint density at radius 3 is 0.328 bits per heavy atom. The molecule has 40 atom stereocenters. The molecule has 52 heteroatoms. The van der Waals surface area contributed by atoms with Gasteiger partial charge in [0.25, 0.3) is 0 Å². The molecule has 10 saturated heterocycles. The Balaban J connectivity index is 0.000000195. The van der Waals surface area contributed by atoms with Gasteiger partial charge in [0, 0.05) is 23.7 Å². The monoisotopic (exact) mass is 1990 g/mol. The van der Waals surface area contributed by atoms with Crippen LogP contribution in [0.25, 0.3) is 0 Å². The van der Waals surface area contributed by atoms with Gasteiger partial charge in [0.2, 0.25) is 0 Å². The van der Waals surface area contributed by atoms with Crippen molar-refractivity contribution < 1.29 is 172 Å². The van der Waals surface area contributed by atoms with Crippen LogP contribution in [0.4, 0.5) is 0 Å². The topological polar surface area (TPSA) is 650 Å². The third-order valence-electron chi connectivity index (χ3n) is 30.7. The van der Waals surface area contributed by atoms with Crippen molar-refractivity contribution in [3.8, 4) is 0 Å². The van der Waals surface area contributed by atoms with E-state index in [4.69, 9.17) is 0 Å². The van der Waals surface area contributed by atoms with Gasteiger partial charge < -0.3 is 36.4 Å². The predicted molar refractivity (Wildman–Crippen MR) is 385 cm³/mol. The fourth-order valence-corrected chi connectivity index (χ4v) is 40.9. The summed E-state index contributed by atoms with van der Waals surface area (Å²) in [7, 11) is -48.8. The first-order chi connectivity index (χ1) is 52.6. The summed E-state index contributed by atoms with van der Waals surface area (Å²) in [6.07, 6.45) is 13.2. The Morgan fingerprint density at radius 1 is 0.147 bits per heavy atom. The van der Waals surface area contributed by atoms with E-state index in [0.29, 0.717) is 23.7 Å². The molecule has 0 amide bonds. The smallest absolute Gasteiger partial charge is 0.748 e. The van der Waals surface area contributed by atoms with E-state index in [9.17, 15) is 104 Å².